The number of alkyl halides is 3. The van der Waals surface area contributed by atoms with Gasteiger partial charge in [0.25, 0.3) is 0 Å². The number of halogens is 3. The van der Waals surface area contributed by atoms with Gasteiger partial charge in [0.15, 0.2) is 6.61 Å². The largest absolute Gasteiger partial charge is 0.413 e. The van der Waals surface area contributed by atoms with Crippen LogP contribution in [0.15, 0.2) is 24.3 Å². The van der Waals surface area contributed by atoms with Crippen LogP contribution in [-0.2, 0) is 14.5 Å². The smallest absolute Gasteiger partial charge is 0.261 e. The number of anilines is 1. The van der Waals surface area contributed by atoms with Gasteiger partial charge >= 0.3 is 16.5 Å². The van der Waals surface area contributed by atoms with Crippen molar-refractivity contribution in [1.82, 2.24) is 0 Å². The third-order valence-corrected chi connectivity index (χ3v) is 2.59. The van der Waals surface area contributed by atoms with Crippen molar-refractivity contribution in [2.24, 2.45) is 0 Å². The summed E-state index contributed by atoms with van der Waals surface area (Å²) in [5.74, 6) is 0. The fraction of sp³-hybridized carbons (Fsp3) is 0.333. The van der Waals surface area contributed by atoms with Crippen LogP contribution in [-0.4, -0.2) is 21.2 Å². The zero-order chi connectivity index (χ0) is 13.1. The van der Waals surface area contributed by atoms with Crippen LogP contribution in [0, 0.1) is 6.92 Å². The molecule has 4 nitrogen and oxygen atoms in total. The van der Waals surface area contributed by atoms with Crippen LogP contribution in [0.2, 0.25) is 0 Å². The van der Waals surface area contributed by atoms with E-state index >= 15 is 0 Å². The predicted molar refractivity (Wildman–Crippen MR) is 55.7 cm³/mol. The van der Waals surface area contributed by atoms with Gasteiger partial charge in [-0.05, 0) is 19.1 Å². The molecular weight excluding hydrogens is 259 g/mol. The highest BCUT2D eigenvalue weighted by molar-refractivity contribution is 7.88. The molecule has 8 heteroatoms. The minimum absolute atomic E-state index is 0.137. The molecule has 0 bridgehead atoms. The first-order valence-electron chi connectivity index (χ1n) is 4.48. The van der Waals surface area contributed by atoms with Crippen LogP contribution < -0.4 is 4.72 Å². The quantitative estimate of drug-likeness (QED) is 0.912. The van der Waals surface area contributed by atoms with E-state index in [0.717, 1.165) is 5.56 Å². The molecule has 1 rings (SSSR count). The Labute approximate surface area is 96.7 Å². The van der Waals surface area contributed by atoms with E-state index in [0.29, 0.717) is 0 Å². The Hall–Kier alpha value is -1.28. The Bertz CT molecular complexity index is 467. The number of nitrogens with one attached hydrogen (secondary N) is 1. The summed E-state index contributed by atoms with van der Waals surface area (Å²) < 4.78 is 63.1. The minimum Gasteiger partial charge on any atom is -0.261 e. The molecule has 0 fully saturated rings. The molecule has 0 amide bonds. The van der Waals surface area contributed by atoms with Crippen LogP contribution >= 0.6 is 0 Å². The lowest BCUT2D eigenvalue weighted by molar-refractivity contribution is -0.152. The molecule has 1 aromatic rings. The number of hydrogen-bond acceptors (Lipinski definition) is 3. The highest BCUT2D eigenvalue weighted by atomic mass is 32.2. The van der Waals surface area contributed by atoms with Gasteiger partial charge in [-0.3, -0.25) is 4.72 Å². The lowest BCUT2D eigenvalue weighted by Crippen LogP contribution is -2.24. The van der Waals surface area contributed by atoms with Gasteiger partial charge < -0.3 is 0 Å². The number of aryl methyl sites for hydroxylation is 1. The fourth-order valence-electron chi connectivity index (χ4n) is 0.940. The Morgan fingerprint density at radius 1 is 1.24 bits per heavy atom. The third kappa shape index (κ3) is 5.55. The maximum absolute atomic E-state index is 11.8. The second-order valence-corrected chi connectivity index (χ2v) is 4.65. The van der Waals surface area contributed by atoms with Crippen molar-refractivity contribution in [1.29, 1.82) is 0 Å². The summed E-state index contributed by atoms with van der Waals surface area (Å²) in [5.41, 5.74) is 1.03. The van der Waals surface area contributed by atoms with Gasteiger partial charge in [-0.25, -0.2) is 4.18 Å². The lowest BCUT2D eigenvalue weighted by atomic mass is 10.2. The molecule has 0 unspecified atom stereocenters. The molecule has 0 aliphatic rings. The predicted octanol–water partition coefficient (Wildman–Crippen LogP) is 2.23. The topological polar surface area (TPSA) is 55.4 Å². The van der Waals surface area contributed by atoms with Crippen molar-refractivity contribution in [3.05, 3.63) is 29.8 Å². The van der Waals surface area contributed by atoms with Gasteiger partial charge in [-0.15, -0.1) is 0 Å². The molecule has 0 radical (unpaired) electrons. The van der Waals surface area contributed by atoms with E-state index in [9.17, 15) is 21.6 Å². The maximum atomic E-state index is 11.8. The van der Waals surface area contributed by atoms with Crippen molar-refractivity contribution in [3.8, 4) is 0 Å². The van der Waals surface area contributed by atoms with E-state index in [2.05, 4.69) is 4.18 Å². The van der Waals surface area contributed by atoms with E-state index in [1.807, 2.05) is 4.72 Å². The SMILES string of the molecule is Cc1ccc(NS(=O)(=O)OCC(F)(F)F)cc1. The fourth-order valence-corrected chi connectivity index (χ4v) is 1.71. The lowest BCUT2D eigenvalue weighted by Gasteiger charge is -2.10. The van der Waals surface area contributed by atoms with Gasteiger partial charge in [-0.2, -0.15) is 21.6 Å². The molecule has 96 valence electrons. The Morgan fingerprint density at radius 3 is 2.24 bits per heavy atom. The second-order valence-electron chi connectivity index (χ2n) is 3.30. The molecule has 0 saturated carbocycles. The molecule has 1 aromatic carbocycles. The van der Waals surface area contributed by atoms with Crippen molar-refractivity contribution in [2.75, 3.05) is 11.3 Å². The highest BCUT2D eigenvalue weighted by Crippen LogP contribution is 2.17. The van der Waals surface area contributed by atoms with Gasteiger partial charge in [0.1, 0.15) is 0 Å². The zero-order valence-corrected chi connectivity index (χ0v) is 9.60. The Balaban J connectivity index is 2.64. The van der Waals surface area contributed by atoms with E-state index < -0.39 is 23.1 Å². The summed E-state index contributed by atoms with van der Waals surface area (Å²) in [5, 5.41) is 0. The molecule has 0 atom stereocenters. The first kappa shape index (κ1) is 13.8. The molecule has 0 spiro atoms. The van der Waals surface area contributed by atoms with Crippen molar-refractivity contribution in [3.63, 3.8) is 0 Å². The van der Waals surface area contributed by atoms with Crippen LogP contribution in [0.1, 0.15) is 5.56 Å². The molecule has 0 heterocycles. The molecule has 0 saturated heterocycles. The number of rotatable bonds is 4. The Kier molecular flexibility index (Phi) is 3.99. The maximum Gasteiger partial charge on any atom is 0.413 e. The van der Waals surface area contributed by atoms with E-state index in [1.54, 1.807) is 19.1 Å². The summed E-state index contributed by atoms with van der Waals surface area (Å²) in [6, 6.07) is 6.07. The van der Waals surface area contributed by atoms with Crippen molar-refractivity contribution < 1.29 is 25.8 Å². The molecule has 17 heavy (non-hydrogen) atoms. The van der Waals surface area contributed by atoms with E-state index in [-0.39, 0.29) is 5.69 Å². The standard InChI is InChI=1S/C9H10F3NO3S/c1-7-2-4-8(5-3-7)13-17(14,15)16-6-9(10,11)12/h2-5,13H,6H2,1H3. The van der Waals surface area contributed by atoms with Crippen molar-refractivity contribution >= 4 is 16.0 Å². The first-order valence-corrected chi connectivity index (χ1v) is 5.89. The summed E-state index contributed by atoms with van der Waals surface area (Å²) >= 11 is 0. The summed E-state index contributed by atoms with van der Waals surface area (Å²) in [7, 11) is -4.45. The number of benzene rings is 1. The Morgan fingerprint density at radius 2 is 1.76 bits per heavy atom. The van der Waals surface area contributed by atoms with E-state index in [1.165, 1.54) is 12.1 Å². The molecule has 0 aliphatic heterocycles. The molecule has 0 aromatic heterocycles. The average Bonchev–Trinajstić information content (AvgIpc) is 2.18. The summed E-state index contributed by atoms with van der Waals surface area (Å²) in [6.45, 7) is -0.0629. The van der Waals surface area contributed by atoms with E-state index in [4.69, 9.17) is 0 Å². The third-order valence-electron chi connectivity index (χ3n) is 1.67. The normalized spacial score (nSPS) is 12.5. The first-order chi connectivity index (χ1) is 7.68. The molecule has 0 aliphatic carbocycles. The summed E-state index contributed by atoms with van der Waals surface area (Å²) in [6.07, 6.45) is -4.69. The molecular formula is C9H10F3NO3S. The van der Waals surface area contributed by atoms with Gasteiger partial charge in [-0.1, -0.05) is 17.7 Å². The zero-order valence-electron chi connectivity index (χ0n) is 8.78. The number of hydrogen-bond donors (Lipinski definition) is 1. The highest BCUT2D eigenvalue weighted by Gasteiger charge is 2.30. The van der Waals surface area contributed by atoms with Gasteiger partial charge in [0.05, 0.1) is 5.69 Å². The minimum atomic E-state index is -4.69. The van der Waals surface area contributed by atoms with Gasteiger partial charge in [0.2, 0.25) is 0 Å². The van der Waals surface area contributed by atoms with Gasteiger partial charge in [0, 0.05) is 0 Å². The van der Waals surface area contributed by atoms with Crippen LogP contribution in [0.5, 0.6) is 0 Å². The average molecular weight is 269 g/mol. The monoisotopic (exact) mass is 269 g/mol. The van der Waals surface area contributed by atoms with Crippen LogP contribution in [0.4, 0.5) is 18.9 Å². The second kappa shape index (κ2) is 4.92. The van der Waals surface area contributed by atoms with Crippen molar-refractivity contribution in [2.45, 2.75) is 13.1 Å². The summed E-state index contributed by atoms with van der Waals surface area (Å²) in [4.78, 5) is 0. The van der Waals surface area contributed by atoms with Crippen LogP contribution in [0.3, 0.4) is 0 Å². The van der Waals surface area contributed by atoms with Crippen LogP contribution in [0.25, 0.3) is 0 Å². The molecule has 1 N–H and O–H groups in total.